The molecule has 2 aromatic carbocycles. The van der Waals surface area contributed by atoms with E-state index >= 15 is 0 Å². The van der Waals surface area contributed by atoms with Crippen LogP contribution in [0.2, 0.25) is 5.02 Å². The Bertz CT molecular complexity index is 1020. The van der Waals surface area contributed by atoms with Crippen LogP contribution < -0.4 is 9.46 Å². The maximum atomic E-state index is 11.6. The number of carbonyl (C=O) groups is 1. The summed E-state index contributed by atoms with van der Waals surface area (Å²) in [6, 6.07) is 9.23. The predicted octanol–water partition coefficient (Wildman–Crippen LogP) is 6.54. The Morgan fingerprint density at radius 3 is 2.60 bits per heavy atom. The average Bonchev–Trinajstić information content (AvgIpc) is 3.44. The summed E-state index contributed by atoms with van der Waals surface area (Å²) < 4.78 is 9.49. The quantitative estimate of drug-likeness (QED) is 0.474. The SMILES string of the molecule is Cc1cc(C2CC2)c(SNc2cc(C#N)c(Cl)cc2OC2CCCC2)cc1C(=O)O. The fraction of sp³-hybridized carbons (Fsp3) is 0.391. The van der Waals surface area contributed by atoms with Crippen molar-refractivity contribution in [3.63, 3.8) is 0 Å². The number of anilines is 1. The zero-order valence-electron chi connectivity index (χ0n) is 16.7. The first-order chi connectivity index (χ1) is 14.5. The van der Waals surface area contributed by atoms with Crippen LogP contribution in [-0.2, 0) is 0 Å². The normalized spacial score (nSPS) is 16.3. The molecule has 0 amide bonds. The predicted molar refractivity (Wildman–Crippen MR) is 119 cm³/mol. The van der Waals surface area contributed by atoms with Crippen molar-refractivity contribution >= 4 is 35.2 Å². The van der Waals surface area contributed by atoms with E-state index in [0.29, 0.717) is 33.5 Å². The summed E-state index contributed by atoms with van der Waals surface area (Å²) in [5, 5.41) is 19.3. The highest BCUT2D eigenvalue weighted by Gasteiger charge is 2.28. The molecular weight excluding hydrogens is 420 g/mol. The van der Waals surface area contributed by atoms with Crippen LogP contribution in [0.25, 0.3) is 0 Å². The average molecular weight is 443 g/mol. The minimum atomic E-state index is -0.930. The summed E-state index contributed by atoms with van der Waals surface area (Å²) in [7, 11) is 0. The fourth-order valence-electron chi connectivity index (χ4n) is 3.86. The monoisotopic (exact) mass is 442 g/mol. The van der Waals surface area contributed by atoms with E-state index in [1.54, 1.807) is 18.2 Å². The van der Waals surface area contributed by atoms with E-state index in [0.717, 1.165) is 49.0 Å². The Labute approximate surface area is 185 Å². The van der Waals surface area contributed by atoms with Gasteiger partial charge in [-0.3, -0.25) is 0 Å². The first-order valence-corrected chi connectivity index (χ1v) is 11.4. The lowest BCUT2D eigenvalue weighted by Crippen LogP contribution is -2.12. The van der Waals surface area contributed by atoms with Gasteiger partial charge in [0.2, 0.25) is 0 Å². The number of aryl methyl sites for hydroxylation is 1. The lowest BCUT2D eigenvalue weighted by Gasteiger charge is -2.19. The van der Waals surface area contributed by atoms with E-state index in [2.05, 4.69) is 10.8 Å². The molecule has 0 radical (unpaired) electrons. The molecule has 0 aromatic heterocycles. The molecule has 0 saturated heterocycles. The number of aromatic carboxylic acids is 1. The van der Waals surface area contributed by atoms with E-state index < -0.39 is 5.97 Å². The number of nitriles is 1. The second-order valence-corrected chi connectivity index (χ2v) is 9.21. The molecule has 5 nitrogen and oxygen atoms in total. The molecule has 2 fully saturated rings. The van der Waals surface area contributed by atoms with Gasteiger partial charge in [0.15, 0.2) is 0 Å². The van der Waals surface area contributed by atoms with Crippen LogP contribution in [0.15, 0.2) is 29.2 Å². The summed E-state index contributed by atoms with van der Waals surface area (Å²) in [5.74, 6) is 0.169. The van der Waals surface area contributed by atoms with Gasteiger partial charge in [0.1, 0.15) is 11.8 Å². The number of nitrogens with one attached hydrogen (secondary N) is 1. The molecule has 2 aliphatic carbocycles. The minimum Gasteiger partial charge on any atom is -0.488 e. The Kier molecular flexibility index (Phi) is 6.12. The number of rotatable bonds is 7. The third kappa shape index (κ3) is 4.53. The van der Waals surface area contributed by atoms with Gasteiger partial charge in [-0.2, -0.15) is 5.26 Å². The molecule has 0 heterocycles. The Morgan fingerprint density at radius 2 is 1.97 bits per heavy atom. The number of hydrogen-bond donors (Lipinski definition) is 2. The second-order valence-electron chi connectivity index (χ2n) is 7.95. The van der Waals surface area contributed by atoms with Crippen LogP contribution in [0.3, 0.4) is 0 Å². The number of halogens is 1. The van der Waals surface area contributed by atoms with Crippen LogP contribution in [0.5, 0.6) is 5.75 Å². The van der Waals surface area contributed by atoms with Crippen molar-refractivity contribution in [2.45, 2.75) is 62.4 Å². The highest BCUT2D eigenvalue weighted by atomic mass is 35.5. The smallest absolute Gasteiger partial charge is 0.335 e. The van der Waals surface area contributed by atoms with Crippen LogP contribution in [0.1, 0.15) is 71.5 Å². The van der Waals surface area contributed by atoms with Crippen molar-refractivity contribution in [1.82, 2.24) is 0 Å². The molecule has 0 aliphatic heterocycles. The molecule has 0 spiro atoms. The standard InChI is InChI=1S/C23H23ClN2O3S/c1-13-8-18(14-6-7-14)22(10-17(13)23(27)28)30-26-20-9-15(12-25)19(24)11-21(20)29-16-4-2-3-5-16/h8-11,14,16,26H,2-7H2,1H3,(H,27,28). The van der Waals surface area contributed by atoms with Crippen LogP contribution >= 0.6 is 23.5 Å². The second kappa shape index (κ2) is 8.79. The number of carboxylic acid groups (broad SMARTS) is 1. The van der Waals surface area contributed by atoms with Gasteiger partial charge < -0.3 is 14.6 Å². The highest BCUT2D eigenvalue weighted by Crippen LogP contribution is 2.46. The van der Waals surface area contributed by atoms with Gasteiger partial charge in [0, 0.05) is 11.0 Å². The molecule has 7 heteroatoms. The Morgan fingerprint density at radius 1 is 1.23 bits per heavy atom. The molecule has 4 rings (SSSR count). The van der Waals surface area contributed by atoms with E-state index in [9.17, 15) is 15.2 Å². The lowest BCUT2D eigenvalue weighted by molar-refractivity contribution is 0.0696. The van der Waals surface area contributed by atoms with Crippen LogP contribution in [-0.4, -0.2) is 17.2 Å². The molecule has 0 atom stereocenters. The summed E-state index contributed by atoms with van der Waals surface area (Å²) in [6.07, 6.45) is 6.71. The highest BCUT2D eigenvalue weighted by molar-refractivity contribution is 8.00. The summed E-state index contributed by atoms with van der Waals surface area (Å²) in [5.41, 5.74) is 3.29. The maximum Gasteiger partial charge on any atom is 0.335 e. The van der Waals surface area contributed by atoms with Gasteiger partial charge in [0.05, 0.1) is 27.9 Å². The molecular formula is C23H23ClN2O3S. The summed E-state index contributed by atoms with van der Waals surface area (Å²) >= 11 is 7.61. The topological polar surface area (TPSA) is 82.3 Å². The van der Waals surface area contributed by atoms with E-state index in [-0.39, 0.29) is 6.10 Å². The number of ether oxygens (including phenoxy) is 1. The number of nitrogens with zero attached hydrogens (tertiary/aromatic N) is 1. The number of hydrogen-bond acceptors (Lipinski definition) is 5. The largest absolute Gasteiger partial charge is 0.488 e. The first kappa shape index (κ1) is 20.9. The fourth-order valence-corrected chi connectivity index (χ4v) is 4.95. The van der Waals surface area contributed by atoms with Gasteiger partial charge in [-0.05, 0) is 86.6 Å². The van der Waals surface area contributed by atoms with Gasteiger partial charge in [0.25, 0.3) is 0 Å². The van der Waals surface area contributed by atoms with Crippen molar-refractivity contribution in [3.8, 4) is 11.8 Å². The van der Waals surface area contributed by atoms with E-state index in [4.69, 9.17) is 16.3 Å². The summed E-state index contributed by atoms with van der Waals surface area (Å²) in [4.78, 5) is 12.5. The molecule has 0 unspecified atom stereocenters. The van der Waals surface area contributed by atoms with E-state index in [1.165, 1.54) is 17.5 Å². The Balaban J connectivity index is 1.63. The summed E-state index contributed by atoms with van der Waals surface area (Å²) in [6.45, 7) is 1.84. The van der Waals surface area contributed by atoms with Crippen molar-refractivity contribution < 1.29 is 14.6 Å². The molecule has 2 N–H and O–H groups in total. The van der Waals surface area contributed by atoms with Gasteiger partial charge >= 0.3 is 5.97 Å². The molecule has 156 valence electrons. The zero-order valence-corrected chi connectivity index (χ0v) is 18.3. The van der Waals surface area contributed by atoms with Crippen LogP contribution in [0.4, 0.5) is 5.69 Å². The van der Waals surface area contributed by atoms with Crippen molar-refractivity contribution in [1.29, 1.82) is 5.26 Å². The molecule has 2 aromatic rings. The zero-order chi connectivity index (χ0) is 21.3. The Hall–Kier alpha value is -2.36. The third-order valence-corrected chi connectivity index (χ3v) is 6.87. The first-order valence-electron chi connectivity index (χ1n) is 10.2. The molecule has 30 heavy (non-hydrogen) atoms. The molecule has 2 saturated carbocycles. The van der Waals surface area contributed by atoms with Gasteiger partial charge in [-0.1, -0.05) is 17.7 Å². The molecule has 2 aliphatic rings. The number of benzene rings is 2. The van der Waals surface area contributed by atoms with Crippen molar-refractivity contribution in [3.05, 3.63) is 51.5 Å². The lowest BCUT2D eigenvalue weighted by atomic mass is 10.0. The third-order valence-electron chi connectivity index (χ3n) is 5.66. The van der Waals surface area contributed by atoms with Crippen LogP contribution in [0, 0.1) is 18.3 Å². The van der Waals surface area contributed by atoms with Crippen molar-refractivity contribution in [2.24, 2.45) is 0 Å². The van der Waals surface area contributed by atoms with Gasteiger partial charge in [-0.15, -0.1) is 0 Å². The minimum absolute atomic E-state index is 0.152. The number of carboxylic acids is 1. The van der Waals surface area contributed by atoms with E-state index in [1.807, 2.05) is 13.0 Å². The maximum absolute atomic E-state index is 11.6. The molecule has 0 bridgehead atoms. The van der Waals surface area contributed by atoms with Gasteiger partial charge in [-0.25, -0.2) is 4.79 Å². The van der Waals surface area contributed by atoms with Crippen molar-refractivity contribution in [2.75, 3.05) is 4.72 Å².